The minimum atomic E-state index is -3.97. The Hall–Kier alpha value is -4.15. The van der Waals surface area contributed by atoms with E-state index >= 15 is 0 Å². The second-order valence-corrected chi connectivity index (χ2v) is 12.0. The average molecular weight is 576 g/mol. The van der Waals surface area contributed by atoms with Crippen molar-refractivity contribution in [2.45, 2.75) is 50.0 Å². The Bertz CT molecular complexity index is 1750. The van der Waals surface area contributed by atoms with Crippen LogP contribution in [0.1, 0.15) is 58.3 Å². The van der Waals surface area contributed by atoms with Gasteiger partial charge in [-0.2, -0.15) is 0 Å². The van der Waals surface area contributed by atoms with Gasteiger partial charge in [0.05, 0.1) is 12.0 Å². The first kappa shape index (κ1) is 28.4. The number of rotatable bonds is 8. The Kier molecular flexibility index (Phi) is 7.88. The number of sulfonamides is 1. The summed E-state index contributed by atoms with van der Waals surface area (Å²) >= 11 is 0. The maximum atomic E-state index is 13.4. The summed E-state index contributed by atoms with van der Waals surface area (Å²) in [6.45, 7) is 1.57. The monoisotopic (exact) mass is 575 g/mol. The van der Waals surface area contributed by atoms with Crippen LogP contribution in [0.3, 0.4) is 0 Å². The van der Waals surface area contributed by atoms with Gasteiger partial charge in [0, 0.05) is 47.4 Å². The smallest absolute Gasteiger partial charge is 0.411 e. The second-order valence-electron chi connectivity index (χ2n) is 10.4. The molecule has 9 nitrogen and oxygen atoms in total. The van der Waals surface area contributed by atoms with Crippen LogP contribution in [0.25, 0.3) is 10.9 Å². The number of primary sulfonamides is 1. The van der Waals surface area contributed by atoms with E-state index in [4.69, 9.17) is 14.6 Å². The van der Waals surface area contributed by atoms with Gasteiger partial charge in [-0.25, -0.2) is 18.4 Å². The molecule has 4 aromatic rings. The van der Waals surface area contributed by atoms with Gasteiger partial charge < -0.3 is 14.0 Å². The van der Waals surface area contributed by atoms with Gasteiger partial charge in [0.25, 0.3) is 0 Å². The number of fused-ring (bicyclic) bond motifs is 1. The molecule has 0 spiro atoms. The maximum Gasteiger partial charge on any atom is 0.411 e. The number of aromatic nitrogens is 1. The molecule has 0 aliphatic heterocycles. The van der Waals surface area contributed by atoms with E-state index in [-0.39, 0.29) is 22.3 Å². The number of anilines is 1. The number of carbonyl (C=O) groups excluding carboxylic acids is 2. The number of nitrogens with zero attached hydrogens (tertiary/aromatic N) is 1. The van der Waals surface area contributed by atoms with E-state index in [2.05, 4.69) is 5.32 Å². The van der Waals surface area contributed by atoms with Crippen LogP contribution in [0.4, 0.5) is 10.5 Å². The SMILES string of the molecule is COc1cc(C(=O)c2cccc(S(N)(=O)=O)c2C)ccc1Cc1cn(C)c2ccc(NC(=O)OC3CCCC3)cc12. The molecule has 1 amide bonds. The summed E-state index contributed by atoms with van der Waals surface area (Å²) in [6.07, 6.45) is 6.07. The molecule has 1 aromatic heterocycles. The Morgan fingerprint density at radius 1 is 1.05 bits per heavy atom. The molecule has 1 aliphatic carbocycles. The number of ketones is 1. The van der Waals surface area contributed by atoms with Gasteiger partial charge in [-0.15, -0.1) is 0 Å². The van der Waals surface area contributed by atoms with Crippen molar-refractivity contribution in [3.05, 3.63) is 88.6 Å². The van der Waals surface area contributed by atoms with Crippen molar-refractivity contribution in [3.8, 4) is 5.75 Å². The normalized spacial score (nSPS) is 13.9. The van der Waals surface area contributed by atoms with E-state index in [0.717, 1.165) is 47.7 Å². The molecule has 1 aliphatic rings. The predicted octanol–water partition coefficient (Wildman–Crippen LogP) is 5.46. The molecule has 1 saturated carbocycles. The zero-order valence-corrected chi connectivity index (χ0v) is 24.1. The van der Waals surface area contributed by atoms with E-state index in [0.29, 0.717) is 29.0 Å². The van der Waals surface area contributed by atoms with Crippen LogP contribution in [0.15, 0.2) is 65.7 Å². The molecule has 0 atom stereocenters. The van der Waals surface area contributed by atoms with E-state index in [1.807, 2.05) is 42.1 Å². The summed E-state index contributed by atoms with van der Waals surface area (Å²) in [5.74, 6) is 0.200. The van der Waals surface area contributed by atoms with Crippen LogP contribution in [0, 0.1) is 6.92 Å². The first-order chi connectivity index (χ1) is 19.5. The first-order valence-corrected chi connectivity index (χ1v) is 15.0. The fourth-order valence-corrected chi connectivity index (χ4v) is 6.36. The Morgan fingerprint density at radius 3 is 2.51 bits per heavy atom. The molecule has 5 rings (SSSR count). The lowest BCUT2D eigenvalue weighted by Gasteiger charge is -2.13. The molecule has 3 N–H and O–H groups in total. The highest BCUT2D eigenvalue weighted by molar-refractivity contribution is 7.89. The van der Waals surface area contributed by atoms with Gasteiger partial charge in [-0.05, 0) is 79.6 Å². The summed E-state index contributed by atoms with van der Waals surface area (Å²) < 4.78 is 37.1. The van der Waals surface area contributed by atoms with Crippen molar-refractivity contribution < 1.29 is 27.5 Å². The van der Waals surface area contributed by atoms with E-state index in [1.54, 1.807) is 32.2 Å². The number of hydrogen-bond donors (Lipinski definition) is 2. The highest BCUT2D eigenvalue weighted by atomic mass is 32.2. The zero-order valence-electron chi connectivity index (χ0n) is 23.3. The Labute approximate surface area is 239 Å². The van der Waals surface area contributed by atoms with Crippen molar-refractivity contribution >= 4 is 38.5 Å². The molecule has 10 heteroatoms. The number of nitrogens with one attached hydrogen (secondary N) is 1. The third-order valence-electron chi connectivity index (χ3n) is 7.66. The molecule has 0 radical (unpaired) electrons. The van der Waals surface area contributed by atoms with Crippen LogP contribution in [-0.2, 0) is 28.2 Å². The summed E-state index contributed by atoms with van der Waals surface area (Å²) in [5.41, 5.74) is 4.46. The van der Waals surface area contributed by atoms with Crippen LogP contribution in [0.2, 0.25) is 0 Å². The lowest BCUT2D eigenvalue weighted by molar-refractivity contribution is 0.103. The largest absolute Gasteiger partial charge is 0.496 e. The highest BCUT2D eigenvalue weighted by Crippen LogP contribution is 2.31. The number of nitrogens with two attached hydrogens (primary N) is 1. The third kappa shape index (κ3) is 5.98. The molecular formula is C31H33N3O6S. The molecule has 3 aromatic carbocycles. The van der Waals surface area contributed by atoms with Gasteiger partial charge in [-0.1, -0.05) is 24.3 Å². The molecule has 0 unspecified atom stereocenters. The van der Waals surface area contributed by atoms with E-state index < -0.39 is 16.1 Å². The van der Waals surface area contributed by atoms with Gasteiger partial charge >= 0.3 is 6.09 Å². The van der Waals surface area contributed by atoms with Crippen molar-refractivity contribution in [1.29, 1.82) is 0 Å². The summed E-state index contributed by atoms with van der Waals surface area (Å²) in [7, 11) is -0.461. The second kappa shape index (κ2) is 11.4. The lowest BCUT2D eigenvalue weighted by Crippen LogP contribution is -2.20. The number of hydrogen-bond acceptors (Lipinski definition) is 6. The lowest BCUT2D eigenvalue weighted by atomic mass is 9.96. The van der Waals surface area contributed by atoms with Crippen LogP contribution >= 0.6 is 0 Å². The first-order valence-electron chi connectivity index (χ1n) is 13.4. The van der Waals surface area contributed by atoms with Crippen molar-refractivity contribution in [1.82, 2.24) is 4.57 Å². The van der Waals surface area contributed by atoms with Gasteiger partial charge in [-0.3, -0.25) is 10.1 Å². The molecule has 1 fully saturated rings. The number of aryl methyl sites for hydroxylation is 1. The van der Waals surface area contributed by atoms with Gasteiger partial charge in [0.15, 0.2) is 5.78 Å². The Balaban J connectivity index is 1.41. The van der Waals surface area contributed by atoms with Crippen LogP contribution < -0.4 is 15.2 Å². The summed E-state index contributed by atoms with van der Waals surface area (Å²) in [5, 5.41) is 9.16. The number of methoxy groups -OCH3 is 1. The van der Waals surface area contributed by atoms with Crippen LogP contribution in [0.5, 0.6) is 5.75 Å². The number of ether oxygens (including phenoxy) is 2. The Morgan fingerprint density at radius 2 is 1.80 bits per heavy atom. The molecule has 214 valence electrons. The zero-order chi connectivity index (χ0) is 29.3. The average Bonchev–Trinajstić information content (AvgIpc) is 3.55. The van der Waals surface area contributed by atoms with E-state index in [9.17, 15) is 18.0 Å². The topological polar surface area (TPSA) is 130 Å². The third-order valence-corrected chi connectivity index (χ3v) is 8.72. The molecule has 0 saturated heterocycles. The van der Waals surface area contributed by atoms with Gasteiger partial charge in [0.2, 0.25) is 10.0 Å². The molecule has 0 bridgehead atoms. The molecular weight excluding hydrogens is 542 g/mol. The van der Waals surface area contributed by atoms with Crippen molar-refractivity contribution in [2.24, 2.45) is 12.2 Å². The molecule has 1 heterocycles. The van der Waals surface area contributed by atoms with Gasteiger partial charge in [0.1, 0.15) is 11.9 Å². The van der Waals surface area contributed by atoms with E-state index in [1.165, 1.54) is 12.1 Å². The number of carbonyl (C=O) groups is 2. The minimum Gasteiger partial charge on any atom is -0.496 e. The fraction of sp³-hybridized carbons (Fsp3) is 0.290. The predicted molar refractivity (Wildman–Crippen MR) is 157 cm³/mol. The number of benzene rings is 3. The van der Waals surface area contributed by atoms with Crippen LogP contribution in [-0.4, -0.2) is 38.1 Å². The molecule has 41 heavy (non-hydrogen) atoms. The van der Waals surface area contributed by atoms with Crippen molar-refractivity contribution in [2.75, 3.05) is 12.4 Å². The fourth-order valence-electron chi connectivity index (χ4n) is 5.56. The number of amides is 1. The summed E-state index contributed by atoms with van der Waals surface area (Å²) in [6, 6.07) is 15.4. The van der Waals surface area contributed by atoms with Crippen molar-refractivity contribution in [3.63, 3.8) is 0 Å². The highest BCUT2D eigenvalue weighted by Gasteiger charge is 2.21. The maximum absolute atomic E-state index is 13.4. The summed E-state index contributed by atoms with van der Waals surface area (Å²) in [4.78, 5) is 25.7. The minimum absolute atomic E-state index is 0.0186. The quantitative estimate of drug-likeness (QED) is 0.269. The standard InChI is InChI=1S/C31H33N3O6S/c1-19-25(9-6-10-29(19)41(32,37)38)30(35)21-12-11-20(28(16-21)39-3)15-22-18-34(2)27-14-13-23(17-26(22)27)33-31(36)40-24-7-4-5-8-24/h6,9-14,16-18,24H,4-5,7-8,15H2,1-3H3,(H,33,36)(H2,32,37,38).